The Kier molecular flexibility index (Phi) is 2.36. The van der Waals surface area contributed by atoms with Gasteiger partial charge in [-0.25, -0.2) is 0 Å². The molecule has 3 heterocycles. The molecule has 1 aromatic carbocycles. The number of H-pyrrole nitrogens is 1. The molecule has 0 saturated heterocycles. The minimum absolute atomic E-state index is 0.0632. The molecule has 0 aliphatic carbocycles. The normalized spacial score (nSPS) is 11.9. The van der Waals surface area contributed by atoms with Gasteiger partial charge in [0.05, 0.1) is 24.2 Å². The van der Waals surface area contributed by atoms with E-state index in [9.17, 15) is 10.2 Å². The molecule has 4 aromatic rings. The van der Waals surface area contributed by atoms with Crippen LogP contribution in [-0.4, -0.2) is 19.6 Å². The number of nitrogens with one attached hydrogen (secondary N) is 1. The van der Waals surface area contributed by atoms with Crippen molar-refractivity contribution in [3.8, 4) is 0 Å². The number of nitrogens with zero attached hydrogens (tertiary/aromatic N) is 1. The molecule has 0 spiro atoms. The van der Waals surface area contributed by atoms with E-state index in [1.807, 2.05) is 28.9 Å². The summed E-state index contributed by atoms with van der Waals surface area (Å²) in [5, 5.41) is 21.2. The zero-order valence-corrected chi connectivity index (χ0v) is 10.8. The van der Waals surface area contributed by atoms with Gasteiger partial charge >= 0.3 is 0 Å². The lowest BCUT2D eigenvalue weighted by Crippen LogP contribution is -1.88. The molecule has 0 radical (unpaired) electrons. The van der Waals surface area contributed by atoms with Crippen LogP contribution in [0.1, 0.15) is 11.1 Å². The van der Waals surface area contributed by atoms with Gasteiger partial charge in [-0.1, -0.05) is 18.2 Å². The summed E-state index contributed by atoms with van der Waals surface area (Å²) in [5.41, 5.74) is 4.64. The molecule has 0 fully saturated rings. The minimum Gasteiger partial charge on any atom is -0.392 e. The smallest absolute Gasteiger partial charge is 0.0706 e. The van der Waals surface area contributed by atoms with Crippen molar-refractivity contribution in [1.29, 1.82) is 0 Å². The predicted molar refractivity (Wildman–Crippen MR) is 78.6 cm³/mol. The second-order valence-corrected chi connectivity index (χ2v) is 5.01. The minimum atomic E-state index is -0.0692. The first-order valence-electron chi connectivity index (χ1n) is 6.56. The second kappa shape index (κ2) is 4.10. The molecule has 0 aliphatic rings. The fourth-order valence-corrected chi connectivity index (χ4v) is 2.94. The first-order chi connectivity index (χ1) is 9.81. The highest BCUT2D eigenvalue weighted by molar-refractivity contribution is 6.08. The molecule has 4 heteroatoms. The Morgan fingerprint density at radius 3 is 2.60 bits per heavy atom. The molecule has 0 amide bonds. The van der Waals surface area contributed by atoms with Crippen molar-refractivity contribution in [3.63, 3.8) is 0 Å². The van der Waals surface area contributed by atoms with Gasteiger partial charge in [0.1, 0.15) is 0 Å². The van der Waals surface area contributed by atoms with Gasteiger partial charge in [-0.15, -0.1) is 0 Å². The molecule has 0 unspecified atom stereocenters. The standard InChI is InChI=1S/C16H14N2O2/c19-8-10-6-18-7-15-12(5-16(18)13(10)9-20)11-3-1-2-4-14(11)17-15/h1-7,17,19-20H,8-9H2. The number of hydrogen-bond acceptors (Lipinski definition) is 2. The number of rotatable bonds is 2. The number of pyridine rings is 1. The van der Waals surface area contributed by atoms with Crippen molar-refractivity contribution in [1.82, 2.24) is 9.38 Å². The maximum absolute atomic E-state index is 9.54. The molecule has 100 valence electrons. The van der Waals surface area contributed by atoms with Crippen LogP contribution in [0, 0.1) is 0 Å². The first kappa shape index (κ1) is 11.5. The van der Waals surface area contributed by atoms with Crippen LogP contribution in [0.15, 0.2) is 42.7 Å². The van der Waals surface area contributed by atoms with Gasteiger partial charge in [0.15, 0.2) is 0 Å². The molecule has 0 atom stereocenters. The third-order valence-electron chi connectivity index (χ3n) is 3.92. The van der Waals surface area contributed by atoms with Gasteiger partial charge in [-0.05, 0) is 12.1 Å². The molecular formula is C16H14N2O2. The number of aromatic amines is 1. The van der Waals surface area contributed by atoms with Gasteiger partial charge < -0.3 is 19.6 Å². The quantitative estimate of drug-likeness (QED) is 0.522. The SMILES string of the molecule is OCc1cn2cc3[nH]c4ccccc4c3cc2c1CO. The van der Waals surface area contributed by atoms with E-state index in [0.717, 1.165) is 33.1 Å². The number of benzene rings is 1. The fraction of sp³-hybridized carbons (Fsp3) is 0.125. The Hall–Kier alpha value is -2.30. The summed E-state index contributed by atoms with van der Waals surface area (Å²) in [6.45, 7) is -0.132. The van der Waals surface area contributed by atoms with E-state index in [1.165, 1.54) is 5.39 Å². The van der Waals surface area contributed by atoms with Crippen LogP contribution in [0.3, 0.4) is 0 Å². The summed E-state index contributed by atoms with van der Waals surface area (Å²) in [5.74, 6) is 0. The Bertz CT molecular complexity index is 934. The Balaban J connectivity index is 2.16. The molecule has 0 aliphatic heterocycles. The largest absolute Gasteiger partial charge is 0.392 e. The summed E-state index contributed by atoms with van der Waals surface area (Å²) in [6.07, 6.45) is 3.87. The van der Waals surface area contributed by atoms with Gasteiger partial charge in [-0.3, -0.25) is 0 Å². The molecule has 20 heavy (non-hydrogen) atoms. The van der Waals surface area contributed by atoms with E-state index in [2.05, 4.69) is 23.2 Å². The lowest BCUT2D eigenvalue weighted by Gasteiger charge is -1.99. The van der Waals surface area contributed by atoms with Gasteiger partial charge in [0, 0.05) is 39.8 Å². The van der Waals surface area contributed by atoms with Crippen LogP contribution < -0.4 is 0 Å². The number of para-hydroxylation sites is 1. The lowest BCUT2D eigenvalue weighted by atomic mass is 10.1. The second-order valence-electron chi connectivity index (χ2n) is 5.01. The van der Waals surface area contributed by atoms with Crippen molar-refractivity contribution in [2.45, 2.75) is 13.2 Å². The van der Waals surface area contributed by atoms with Crippen molar-refractivity contribution in [2.24, 2.45) is 0 Å². The van der Waals surface area contributed by atoms with Crippen molar-refractivity contribution >= 4 is 27.3 Å². The van der Waals surface area contributed by atoms with E-state index >= 15 is 0 Å². The van der Waals surface area contributed by atoms with Crippen LogP contribution in [-0.2, 0) is 13.2 Å². The average Bonchev–Trinajstić information content (AvgIpc) is 3.01. The van der Waals surface area contributed by atoms with Gasteiger partial charge in [0.2, 0.25) is 0 Å². The van der Waals surface area contributed by atoms with Crippen molar-refractivity contribution in [3.05, 3.63) is 53.9 Å². The monoisotopic (exact) mass is 266 g/mol. The number of aliphatic hydroxyl groups excluding tert-OH is 2. The molecule has 3 aromatic heterocycles. The average molecular weight is 266 g/mol. The van der Waals surface area contributed by atoms with Crippen LogP contribution in [0.25, 0.3) is 27.3 Å². The Labute approximate surface area is 114 Å². The fourth-order valence-electron chi connectivity index (χ4n) is 2.94. The summed E-state index contributed by atoms with van der Waals surface area (Å²) >= 11 is 0. The molecule has 4 rings (SSSR count). The van der Waals surface area contributed by atoms with Gasteiger partial charge in [0.25, 0.3) is 0 Å². The topological polar surface area (TPSA) is 60.7 Å². The Morgan fingerprint density at radius 1 is 0.950 bits per heavy atom. The predicted octanol–water partition coefficient (Wildman–Crippen LogP) is 2.56. The highest BCUT2D eigenvalue weighted by atomic mass is 16.3. The number of fused-ring (bicyclic) bond motifs is 4. The zero-order chi connectivity index (χ0) is 13.7. The molecule has 0 saturated carbocycles. The van der Waals surface area contributed by atoms with E-state index in [0.29, 0.717) is 0 Å². The highest BCUT2D eigenvalue weighted by Crippen LogP contribution is 2.29. The third-order valence-corrected chi connectivity index (χ3v) is 3.92. The van der Waals surface area contributed by atoms with Crippen LogP contribution in [0.5, 0.6) is 0 Å². The van der Waals surface area contributed by atoms with E-state index in [4.69, 9.17) is 0 Å². The van der Waals surface area contributed by atoms with Crippen molar-refractivity contribution in [2.75, 3.05) is 0 Å². The molecule has 4 nitrogen and oxygen atoms in total. The Morgan fingerprint density at radius 2 is 1.80 bits per heavy atom. The molecule has 3 N–H and O–H groups in total. The van der Waals surface area contributed by atoms with Crippen molar-refractivity contribution < 1.29 is 10.2 Å². The number of aliphatic hydroxyl groups is 2. The maximum Gasteiger partial charge on any atom is 0.0706 e. The number of aromatic nitrogens is 2. The van der Waals surface area contributed by atoms with E-state index in [-0.39, 0.29) is 13.2 Å². The van der Waals surface area contributed by atoms with Crippen LogP contribution >= 0.6 is 0 Å². The first-order valence-corrected chi connectivity index (χ1v) is 6.56. The van der Waals surface area contributed by atoms with E-state index < -0.39 is 0 Å². The summed E-state index contributed by atoms with van der Waals surface area (Å²) in [4.78, 5) is 3.39. The van der Waals surface area contributed by atoms with Crippen LogP contribution in [0.2, 0.25) is 0 Å². The van der Waals surface area contributed by atoms with Gasteiger partial charge in [-0.2, -0.15) is 0 Å². The lowest BCUT2D eigenvalue weighted by molar-refractivity contribution is 0.262. The van der Waals surface area contributed by atoms with E-state index in [1.54, 1.807) is 0 Å². The highest BCUT2D eigenvalue weighted by Gasteiger charge is 2.12. The number of hydrogen-bond donors (Lipinski definition) is 3. The molecule has 0 bridgehead atoms. The maximum atomic E-state index is 9.54. The summed E-state index contributed by atoms with van der Waals surface area (Å²) in [7, 11) is 0. The third kappa shape index (κ3) is 1.43. The summed E-state index contributed by atoms with van der Waals surface area (Å²) < 4.78 is 1.95. The zero-order valence-electron chi connectivity index (χ0n) is 10.8. The molecular weight excluding hydrogens is 252 g/mol. The summed E-state index contributed by atoms with van der Waals surface area (Å²) in [6, 6.07) is 10.2. The van der Waals surface area contributed by atoms with Crippen LogP contribution in [0.4, 0.5) is 0 Å².